The third kappa shape index (κ3) is 4.66. The number of amides is 1. The molecule has 1 heterocycles. The Morgan fingerprint density at radius 3 is 2.58 bits per heavy atom. The van der Waals surface area contributed by atoms with Crippen molar-refractivity contribution in [3.63, 3.8) is 0 Å². The van der Waals surface area contributed by atoms with Gasteiger partial charge in [0.25, 0.3) is 5.91 Å². The molecule has 2 aromatic rings. The first kappa shape index (κ1) is 20.0. The lowest BCUT2D eigenvalue weighted by molar-refractivity contribution is -0.143. The number of benzene rings is 1. The second-order valence-corrected chi connectivity index (χ2v) is 6.51. The van der Waals surface area contributed by atoms with Crippen molar-refractivity contribution in [1.82, 2.24) is 5.32 Å². The van der Waals surface area contributed by atoms with Gasteiger partial charge in [0.05, 0.1) is 36.2 Å². The summed E-state index contributed by atoms with van der Waals surface area (Å²) in [5.41, 5.74) is 1.17. The van der Waals surface area contributed by atoms with Crippen LogP contribution in [0.15, 0.2) is 33.2 Å². The second kappa shape index (κ2) is 8.89. The standard InChI is InChI=1S/C19H22BrNO5/c1-5-25-16(22)10-15(13-7-6-8-14(9-13)24-4)21-19(23)17-11(2)26-12(3)18(17)20/h6-9,15H,5,10H2,1-4H3,(H,21,23). The largest absolute Gasteiger partial charge is 0.497 e. The van der Waals surface area contributed by atoms with E-state index in [9.17, 15) is 9.59 Å². The maximum absolute atomic E-state index is 12.8. The maximum atomic E-state index is 12.8. The number of esters is 1. The van der Waals surface area contributed by atoms with Crippen LogP contribution in [0.4, 0.5) is 0 Å². The highest BCUT2D eigenvalue weighted by Gasteiger charge is 2.25. The minimum absolute atomic E-state index is 0.0141. The smallest absolute Gasteiger partial charge is 0.308 e. The lowest BCUT2D eigenvalue weighted by Crippen LogP contribution is -2.31. The molecule has 0 saturated carbocycles. The summed E-state index contributed by atoms with van der Waals surface area (Å²) in [7, 11) is 1.56. The van der Waals surface area contributed by atoms with Crippen molar-refractivity contribution in [2.24, 2.45) is 0 Å². The molecule has 26 heavy (non-hydrogen) atoms. The van der Waals surface area contributed by atoms with Crippen LogP contribution in [0.25, 0.3) is 0 Å². The van der Waals surface area contributed by atoms with E-state index in [0.717, 1.165) is 5.56 Å². The zero-order chi connectivity index (χ0) is 19.3. The summed E-state index contributed by atoms with van der Waals surface area (Å²) in [5, 5.41) is 2.90. The summed E-state index contributed by atoms with van der Waals surface area (Å²) < 4.78 is 16.4. The molecule has 0 aliphatic carbocycles. The second-order valence-electron chi connectivity index (χ2n) is 5.72. The molecule has 0 spiro atoms. The summed E-state index contributed by atoms with van der Waals surface area (Å²) in [6.45, 7) is 5.51. The highest BCUT2D eigenvalue weighted by Crippen LogP contribution is 2.29. The van der Waals surface area contributed by atoms with E-state index < -0.39 is 6.04 Å². The van der Waals surface area contributed by atoms with Crippen molar-refractivity contribution in [3.8, 4) is 5.75 Å². The molecule has 1 aromatic heterocycles. The number of furan rings is 1. The van der Waals surface area contributed by atoms with E-state index in [4.69, 9.17) is 13.9 Å². The average molecular weight is 424 g/mol. The maximum Gasteiger partial charge on any atom is 0.308 e. The fraction of sp³-hybridized carbons (Fsp3) is 0.368. The quantitative estimate of drug-likeness (QED) is 0.678. The Hall–Kier alpha value is -2.28. The summed E-state index contributed by atoms with van der Waals surface area (Å²) >= 11 is 3.38. The Kier molecular flexibility index (Phi) is 6.85. The number of methoxy groups -OCH3 is 1. The summed E-state index contributed by atoms with van der Waals surface area (Å²) in [6, 6.07) is 6.66. The molecule has 0 bridgehead atoms. The number of ether oxygens (including phenoxy) is 2. The zero-order valence-electron chi connectivity index (χ0n) is 15.2. The molecule has 1 N–H and O–H groups in total. The molecule has 0 fully saturated rings. The van der Waals surface area contributed by atoms with Crippen LogP contribution in [-0.2, 0) is 9.53 Å². The molecule has 6 nitrogen and oxygen atoms in total. The molecular formula is C19H22BrNO5. The first-order chi connectivity index (χ1) is 12.4. The molecule has 0 radical (unpaired) electrons. The van der Waals surface area contributed by atoms with E-state index in [1.165, 1.54) is 0 Å². The molecule has 0 aliphatic heterocycles. The molecule has 1 aromatic carbocycles. The molecule has 140 valence electrons. The van der Waals surface area contributed by atoms with Gasteiger partial charge in [-0.25, -0.2) is 0 Å². The number of hydrogen-bond acceptors (Lipinski definition) is 5. The Morgan fingerprint density at radius 2 is 2.00 bits per heavy atom. The lowest BCUT2D eigenvalue weighted by atomic mass is 10.0. The van der Waals surface area contributed by atoms with Gasteiger partial charge in [-0.3, -0.25) is 9.59 Å². The van der Waals surface area contributed by atoms with E-state index in [1.807, 2.05) is 12.1 Å². The van der Waals surface area contributed by atoms with Crippen LogP contribution in [0.5, 0.6) is 5.75 Å². The molecule has 0 saturated heterocycles. The van der Waals surface area contributed by atoms with Crippen molar-refractivity contribution in [2.75, 3.05) is 13.7 Å². The SMILES string of the molecule is CCOC(=O)CC(NC(=O)c1c(C)oc(C)c1Br)c1cccc(OC)c1. The Balaban J connectivity index is 2.31. The fourth-order valence-corrected chi connectivity index (χ4v) is 3.18. The Bertz CT molecular complexity index is 799. The van der Waals surface area contributed by atoms with E-state index >= 15 is 0 Å². The van der Waals surface area contributed by atoms with Crippen LogP contribution in [0.1, 0.15) is 46.8 Å². The van der Waals surface area contributed by atoms with Gasteiger partial charge < -0.3 is 19.2 Å². The first-order valence-electron chi connectivity index (χ1n) is 8.23. The van der Waals surface area contributed by atoms with Crippen molar-refractivity contribution in [1.29, 1.82) is 0 Å². The number of hydrogen-bond donors (Lipinski definition) is 1. The van der Waals surface area contributed by atoms with Gasteiger partial charge >= 0.3 is 5.97 Å². The lowest BCUT2D eigenvalue weighted by Gasteiger charge is -2.19. The first-order valence-corrected chi connectivity index (χ1v) is 9.02. The topological polar surface area (TPSA) is 77.8 Å². The molecule has 1 unspecified atom stereocenters. The predicted molar refractivity (Wildman–Crippen MR) is 100 cm³/mol. The van der Waals surface area contributed by atoms with Gasteiger partial charge in [-0.1, -0.05) is 12.1 Å². The van der Waals surface area contributed by atoms with Crippen LogP contribution >= 0.6 is 15.9 Å². The minimum atomic E-state index is -0.557. The van der Waals surface area contributed by atoms with E-state index in [-0.39, 0.29) is 24.9 Å². The fourth-order valence-electron chi connectivity index (χ4n) is 2.64. The molecule has 1 amide bonds. The monoisotopic (exact) mass is 423 g/mol. The van der Waals surface area contributed by atoms with E-state index in [2.05, 4.69) is 21.2 Å². The minimum Gasteiger partial charge on any atom is -0.497 e. The van der Waals surface area contributed by atoms with Crippen LogP contribution in [0, 0.1) is 13.8 Å². The summed E-state index contributed by atoms with van der Waals surface area (Å²) in [6.07, 6.45) is 0.0141. The van der Waals surface area contributed by atoms with Gasteiger partial charge in [-0.15, -0.1) is 0 Å². The number of carbonyl (C=O) groups is 2. The molecule has 1 atom stereocenters. The van der Waals surface area contributed by atoms with E-state index in [0.29, 0.717) is 27.3 Å². The van der Waals surface area contributed by atoms with Crippen molar-refractivity contribution in [2.45, 2.75) is 33.2 Å². The van der Waals surface area contributed by atoms with Crippen molar-refractivity contribution >= 4 is 27.8 Å². The van der Waals surface area contributed by atoms with Gasteiger partial charge in [-0.2, -0.15) is 0 Å². The molecule has 2 rings (SSSR count). The van der Waals surface area contributed by atoms with Crippen molar-refractivity contribution < 1.29 is 23.5 Å². The highest BCUT2D eigenvalue weighted by atomic mass is 79.9. The van der Waals surface area contributed by atoms with Gasteiger partial charge in [0, 0.05) is 0 Å². The third-order valence-corrected chi connectivity index (χ3v) is 4.85. The van der Waals surface area contributed by atoms with Gasteiger partial charge in [0.15, 0.2) is 0 Å². The summed E-state index contributed by atoms with van der Waals surface area (Å²) in [5.74, 6) is 1.05. The number of halogens is 1. The van der Waals surface area contributed by atoms with Crippen LogP contribution in [0.3, 0.4) is 0 Å². The highest BCUT2D eigenvalue weighted by molar-refractivity contribution is 9.10. The number of rotatable bonds is 7. The summed E-state index contributed by atoms with van der Waals surface area (Å²) in [4.78, 5) is 24.8. The number of aryl methyl sites for hydroxylation is 2. The van der Waals surface area contributed by atoms with Gasteiger partial charge in [0.1, 0.15) is 17.3 Å². The Labute approximate surface area is 161 Å². The predicted octanol–water partition coefficient (Wildman–Crippen LogP) is 4.09. The van der Waals surface area contributed by atoms with E-state index in [1.54, 1.807) is 40.0 Å². The number of carbonyl (C=O) groups excluding carboxylic acids is 2. The van der Waals surface area contributed by atoms with Crippen LogP contribution in [0.2, 0.25) is 0 Å². The normalized spacial score (nSPS) is 11.7. The Morgan fingerprint density at radius 1 is 1.27 bits per heavy atom. The molecule has 0 aliphatic rings. The van der Waals surface area contributed by atoms with Crippen LogP contribution < -0.4 is 10.1 Å². The van der Waals surface area contributed by atoms with Gasteiger partial charge in [-0.05, 0) is 54.4 Å². The van der Waals surface area contributed by atoms with Crippen molar-refractivity contribution in [3.05, 3.63) is 51.4 Å². The number of nitrogens with one attached hydrogen (secondary N) is 1. The third-order valence-electron chi connectivity index (χ3n) is 3.89. The molecular weight excluding hydrogens is 402 g/mol. The van der Waals surface area contributed by atoms with Crippen LogP contribution in [-0.4, -0.2) is 25.6 Å². The average Bonchev–Trinajstić information content (AvgIpc) is 2.86. The zero-order valence-corrected chi connectivity index (χ0v) is 16.8. The molecule has 7 heteroatoms. The van der Waals surface area contributed by atoms with Gasteiger partial charge in [0.2, 0.25) is 0 Å².